The number of carbonyl (C=O) groups excluding carboxylic acids is 3. The van der Waals surface area contributed by atoms with Crippen LogP contribution in [-0.2, 0) is 41.2 Å². The molecule has 29 heteroatoms. The molecule has 3 saturated heterocycles. The third kappa shape index (κ3) is 15.9. The minimum absolute atomic E-state index is 0.0158. The molecule has 57 heavy (non-hydrogen) atoms. The molecule has 4 amide bonds. The standard InChI is InChI=1S/C28H49N8O17P3S/c37-21(9-2-1-5-12-30-22(38)10-4-3-8-19-23-17(16-57-19)33-27(41)35-23)31-13-7-6-11-29-20-14-32-36(28(42)34-20)26-25(40)24(39)18(51-26)15-50-55(46,47)53-56(48,49)52-54(43,44)45/h14,17-19,23-26,39-40H,1-13,15-16H2,(H,30,38)(H,31,37)(H,46,47)(H,48,49)(H,29,34,42)(H2,33,35,41)(H2,43,44,45)/t17-,18-,19?,23-,24-,25-,26+/m1/s1. The summed E-state index contributed by atoms with van der Waals surface area (Å²) in [5.74, 6) is 0.922. The van der Waals surface area contributed by atoms with Crippen LogP contribution in [0, 0.1) is 0 Å². The second-order valence-corrected chi connectivity index (χ2v) is 19.0. The molecule has 324 valence electrons. The number of amides is 4. The van der Waals surface area contributed by atoms with Crippen LogP contribution in [-0.4, -0.2) is 130 Å². The summed E-state index contributed by atoms with van der Waals surface area (Å²) < 4.78 is 51.7. The molecule has 0 saturated carbocycles. The average Bonchev–Trinajstić information content (AvgIpc) is 3.75. The van der Waals surface area contributed by atoms with Crippen molar-refractivity contribution in [2.75, 3.05) is 37.3 Å². The number of phosphoric acid groups is 3. The Kier molecular flexibility index (Phi) is 17.9. The summed E-state index contributed by atoms with van der Waals surface area (Å²) in [6.07, 6.45) is 1.16. The Hall–Kier alpha value is -2.54. The van der Waals surface area contributed by atoms with Gasteiger partial charge in [-0.25, -0.2) is 23.3 Å². The first-order valence-corrected chi connectivity index (χ1v) is 23.6. The fraction of sp³-hybridized carbons (Fsp3) is 0.786. The number of hydrogen-bond donors (Lipinski definition) is 11. The molecule has 25 nitrogen and oxygen atoms in total. The van der Waals surface area contributed by atoms with E-state index in [-0.39, 0.29) is 35.7 Å². The van der Waals surface area contributed by atoms with Crippen LogP contribution in [0.25, 0.3) is 0 Å². The summed E-state index contributed by atoms with van der Waals surface area (Å²) in [7, 11) is -16.9. The van der Waals surface area contributed by atoms with Gasteiger partial charge in [0.25, 0.3) is 0 Å². The predicted octanol–water partition coefficient (Wildman–Crippen LogP) is -0.688. The Morgan fingerprint density at radius 1 is 0.877 bits per heavy atom. The van der Waals surface area contributed by atoms with Gasteiger partial charge in [-0.05, 0) is 38.5 Å². The first-order chi connectivity index (χ1) is 26.8. The number of anilines is 1. The van der Waals surface area contributed by atoms with Crippen molar-refractivity contribution in [3.8, 4) is 0 Å². The number of nitrogens with one attached hydrogen (secondary N) is 5. The number of rotatable bonds is 25. The van der Waals surface area contributed by atoms with E-state index in [1.54, 1.807) is 0 Å². The zero-order chi connectivity index (χ0) is 41.8. The second kappa shape index (κ2) is 21.6. The van der Waals surface area contributed by atoms with Crippen LogP contribution < -0.4 is 32.3 Å². The molecule has 3 aliphatic heterocycles. The molecule has 0 spiro atoms. The van der Waals surface area contributed by atoms with Gasteiger partial charge in [-0.3, -0.25) is 14.1 Å². The lowest BCUT2D eigenvalue weighted by Gasteiger charge is -2.19. The maximum Gasteiger partial charge on any atom is 0.490 e. The monoisotopic (exact) mass is 894 g/mol. The van der Waals surface area contributed by atoms with E-state index in [0.29, 0.717) is 61.7 Å². The number of phosphoric ester groups is 1. The largest absolute Gasteiger partial charge is 0.490 e. The SMILES string of the molecule is O=C(CCCCCNC(=O)CCCCC1SC[C@H]2NC(=O)N[C@@H]12)NCCCCNc1cnn([C@H]2O[C@H](COP(=O)(O)OP(=O)(O)OP(=O)(O)O)[C@@H](O)[C@H]2O)c(=O)n1. The van der Waals surface area contributed by atoms with Gasteiger partial charge in [0.2, 0.25) is 11.8 Å². The van der Waals surface area contributed by atoms with Gasteiger partial charge in [0, 0.05) is 43.5 Å². The van der Waals surface area contributed by atoms with Gasteiger partial charge in [0.05, 0.1) is 24.9 Å². The summed E-state index contributed by atoms with van der Waals surface area (Å²) in [4.78, 5) is 88.2. The highest BCUT2D eigenvalue weighted by atomic mass is 32.2. The summed E-state index contributed by atoms with van der Waals surface area (Å²) in [5, 5.41) is 39.5. The van der Waals surface area contributed by atoms with Crippen molar-refractivity contribution in [3.05, 3.63) is 16.7 Å². The van der Waals surface area contributed by atoms with Crippen molar-refractivity contribution in [1.82, 2.24) is 36.0 Å². The van der Waals surface area contributed by atoms with Crippen LogP contribution in [0.2, 0.25) is 0 Å². The fourth-order valence-electron chi connectivity index (χ4n) is 6.11. The van der Waals surface area contributed by atoms with Gasteiger partial charge >= 0.3 is 35.2 Å². The number of aliphatic hydroxyl groups is 2. The molecule has 1 aromatic heterocycles. The number of urea groups is 1. The molecule has 9 atom stereocenters. The average molecular weight is 895 g/mol. The van der Waals surface area contributed by atoms with Crippen molar-refractivity contribution in [2.45, 2.75) is 106 Å². The quantitative estimate of drug-likeness (QED) is 0.0329. The lowest BCUT2D eigenvalue weighted by atomic mass is 10.0. The molecule has 0 bridgehead atoms. The number of fused-ring (bicyclic) bond motifs is 1. The number of aliphatic hydroxyl groups excluding tert-OH is 2. The zero-order valence-corrected chi connectivity index (χ0v) is 34.0. The minimum atomic E-state index is -5.79. The Bertz CT molecular complexity index is 1740. The highest BCUT2D eigenvalue weighted by Crippen LogP contribution is 2.66. The number of thioether (sulfide) groups is 1. The number of ether oxygens (including phenoxy) is 1. The maximum atomic E-state index is 12.6. The molecule has 3 unspecified atom stereocenters. The summed E-state index contributed by atoms with van der Waals surface area (Å²) in [6, 6.07) is 0.277. The van der Waals surface area contributed by atoms with E-state index >= 15 is 0 Å². The lowest BCUT2D eigenvalue weighted by Crippen LogP contribution is -2.37. The molecule has 4 rings (SSSR count). The first-order valence-electron chi connectivity index (χ1n) is 18.0. The van der Waals surface area contributed by atoms with Crippen molar-refractivity contribution in [1.29, 1.82) is 0 Å². The van der Waals surface area contributed by atoms with Gasteiger partial charge in [0.15, 0.2) is 12.0 Å². The van der Waals surface area contributed by atoms with E-state index in [9.17, 15) is 52.9 Å². The molecule has 3 aliphatic rings. The van der Waals surface area contributed by atoms with E-state index in [1.165, 1.54) is 0 Å². The highest BCUT2D eigenvalue weighted by Gasteiger charge is 2.47. The van der Waals surface area contributed by atoms with E-state index in [2.05, 4.69) is 49.8 Å². The van der Waals surface area contributed by atoms with E-state index in [1.807, 2.05) is 11.8 Å². The van der Waals surface area contributed by atoms with E-state index in [0.717, 1.165) is 44.1 Å². The number of unbranched alkanes of at least 4 members (excludes halogenated alkanes) is 4. The van der Waals surface area contributed by atoms with Crippen LogP contribution in [0.1, 0.15) is 70.4 Å². The number of nitrogens with zero attached hydrogens (tertiary/aromatic N) is 3. The van der Waals surface area contributed by atoms with Crippen LogP contribution in [0.5, 0.6) is 0 Å². The van der Waals surface area contributed by atoms with Gasteiger partial charge in [-0.15, -0.1) is 0 Å². The van der Waals surface area contributed by atoms with Crippen LogP contribution >= 0.6 is 35.2 Å². The van der Waals surface area contributed by atoms with Crippen molar-refractivity contribution >= 4 is 58.9 Å². The van der Waals surface area contributed by atoms with Crippen molar-refractivity contribution < 1.29 is 75.7 Å². The fourth-order valence-corrected chi connectivity index (χ4v) is 10.7. The summed E-state index contributed by atoms with van der Waals surface area (Å²) in [5.41, 5.74) is -1.01. The number of aromatic nitrogens is 3. The van der Waals surface area contributed by atoms with Crippen molar-refractivity contribution in [2.24, 2.45) is 0 Å². The normalized spacial score (nSPS) is 26.5. The Labute approximate surface area is 330 Å². The zero-order valence-electron chi connectivity index (χ0n) is 30.5. The number of carbonyl (C=O) groups is 3. The second-order valence-electron chi connectivity index (χ2n) is 13.3. The Morgan fingerprint density at radius 2 is 1.53 bits per heavy atom. The first kappa shape index (κ1) is 47.1. The van der Waals surface area contributed by atoms with Gasteiger partial charge in [-0.2, -0.15) is 35.1 Å². The molecule has 0 aliphatic carbocycles. The van der Waals surface area contributed by atoms with Gasteiger partial charge in [0.1, 0.15) is 18.3 Å². The Morgan fingerprint density at radius 3 is 2.19 bits per heavy atom. The van der Waals surface area contributed by atoms with Crippen LogP contribution in [0.15, 0.2) is 11.0 Å². The topological polar surface area (TPSA) is 369 Å². The molecular weight excluding hydrogens is 845 g/mol. The molecule has 1 aromatic rings. The molecular formula is C28H49N8O17P3S. The van der Waals surface area contributed by atoms with Gasteiger partial charge < -0.3 is 61.1 Å². The summed E-state index contributed by atoms with van der Waals surface area (Å²) >= 11 is 1.86. The van der Waals surface area contributed by atoms with E-state index < -0.39 is 60.3 Å². The molecule has 0 aromatic carbocycles. The molecule has 0 radical (unpaired) electrons. The van der Waals surface area contributed by atoms with Gasteiger partial charge in [-0.1, -0.05) is 12.8 Å². The maximum absolute atomic E-state index is 12.6. The molecule has 11 N–H and O–H groups in total. The molecule has 4 heterocycles. The highest BCUT2D eigenvalue weighted by molar-refractivity contribution is 8.00. The third-order valence-corrected chi connectivity index (χ3v) is 14.1. The lowest BCUT2D eigenvalue weighted by molar-refractivity contribution is -0.122. The molecule has 3 fully saturated rings. The van der Waals surface area contributed by atoms with E-state index in [4.69, 9.17) is 14.5 Å². The third-order valence-electron chi connectivity index (χ3n) is 8.83. The van der Waals surface area contributed by atoms with Crippen LogP contribution in [0.4, 0.5) is 10.6 Å². The summed E-state index contributed by atoms with van der Waals surface area (Å²) in [6.45, 7) is 0.271. The minimum Gasteiger partial charge on any atom is -0.387 e. The number of hydrogen-bond acceptors (Lipinski definition) is 17. The smallest absolute Gasteiger partial charge is 0.387 e. The Balaban J connectivity index is 1.01. The van der Waals surface area contributed by atoms with Crippen LogP contribution in [0.3, 0.4) is 0 Å². The predicted molar refractivity (Wildman–Crippen MR) is 198 cm³/mol. The van der Waals surface area contributed by atoms with Crippen molar-refractivity contribution in [3.63, 3.8) is 0 Å².